The van der Waals surface area contributed by atoms with Gasteiger partial charge >= 0.3 is 0 Å². The van der Waals surface area contributed by atoms with Crippen molar-refractivity contribution in [1.82, 2.24) is 25.3 Å². The van der Waals surface area contributed by atoms with Crippen molar-refractivity contribution in [3.63, 3.8) is 0 Å². The summed E-state index contributed by atoms with van der Waals surface area (Å²) in [6, 6.07) is 6.09. The highest BCUT2D eigenvalue weighted by Crippen LogP contribution is 2.36. The van der Waals surface area contributed by atoms with Gasteiger partial charge in [0.25, 0.3) is 0 Å². The molecule has 2 N–H and O–H groups in total. The zero-order valence-corrected chi connectivity index (χ0v) is 15.3. The highest BCUT2D eigenvalue weighted by Gasteiger charge is 2.34. The molecular weight excluding hydrogens is 348 g/mol. The van der Waals surface area contributed by atoms with Crippen LogP contribution in [0.5, 0.6) is 0 Å². The molecule has 1 fully saturated rings. The van der Waals surface area contributed by atoms with Crippen LogP contribution in [0.4, 0.5) is 8.78 Å². The first-order valence-corrected chi connectivity index (χ1v) is 9.19. The average Bonchev–Trinajstić information content (AvgIpc) is 3.26. The van der Waals surface area contributed by atoms with Gasteiger partial charge in [-0.3, -0.25) is 9.78 Å². The summed E-state index contributed by atoms with van der Waals surface area (Å²) in [5.41, 5.74) is 4.49. The Kier molecular flexibility index (Phi) is 4.45. The second-order valence-corrected chi connectivity index (χ2v) is 7.39. The van der Waals surface area contributed by atoms with Gasteiger partial charge in [0, 0.05) is 43.6 Å². The van der Waals surface area contributed by atoms with E-state index in [1.54, 1.807) is 4.68 Å². The molecule has 0 bridgehead atoms. The van der Waals surface area contributed by atoms with Crippen molar-refractivity contribution in [1.29, 1.82) is 0 Å². The van der Waals surface area contributed by atoms with Gasteiger partial charge in [0.2, 0.25) is 5.92 Å². The summed E-state index contributed by atoms with van der Waals surface area (Å²) in [7, 11) is 1.89. The number of hydrogen-bond acceptors (Lipinski definition) is 3. The first kappa shape index (κ1) is 17.7. The van der Waals surface area contributed by atoms with Gasteiger partial charge in [0.1, 0.15) is 5.69 Å². The van der Waals surface area contributed by atoms with Crippen molar-refractivity contribution in [2.45, 2.75) is 31.6 Å². The maximum Gasteiger partial charge on any atom is 0.248 e. The van der Waals surface area contributed by atoms with Gasteiger partial charge in [-0.25, -0.2) is 8.78 Å². The van der Waals surface area contributed by atoms with Crippen LogP contribution in [-0.2, 0) is 7.05 Å². The normalized spacial score (nSPS) is 17.3. The second kappa shape index (κ2) is 6.79. The van der Waals surface area contributed by atoms with Crippen LogP contribution in [0.15, 0.2) is 37.2 Å². The molecule has 0 spiro atoms. The summed E-state index contributed by atoms with van der Waals surface area (Å²) in [6.07, 6.45) is 4.83. The van der Waals surface area contributed by atoms with E-state index in [9.17, 15) is 8.78 Å². The summed E-state index contributed by atoms with van der Waals surface area (Å²) >= 11 is 0. The van der Waals surface area contributed by atoms with Gasteiger partial charge in [-0.2, -0.15) is 10.2 Å². The van der Waals surface area contributed by atoms with Gasteiger partial charge < -0.3 is 5.32 Å². The topological polar surface area (TPSA) is 58.5 Å². The number of hydrogen-bond donors (Lipinski definition) is 2. The molecule has 1 aliphatic rings. The molecule has 0 radical (unpaired) electrons. The highest BCUT2D eigenvalue weighted by molar-refractivity contribution is 5.92. The van der Waals surface area contributed by atoms with Crippen LogP contribution < -0.4 is 5.32 Å². The minimum Gasteiger partial charge on any atom is -0.383 e. The lowest BCUT2D eigenvalue weighted by Crippen LogP contribution is -2.30. The van der Waals surface area contributed by atoms with E-state index in [2.05, 4.69) is 33.3 Å². The third-order valence-corrected chi connectivity index (χ3v) is 5.33. The van der Waals surface area contributed by atoms with Gasteiger partial charge in [-0.05, 0) is 36.5 Å². The SMILES string of the molecule is C=C(NCC1CCC(F)(F)CC1)c1n[nH]c2ccc(-c3cnn(C)c3)cc12. The Morgan fingerprint density at radius 1 is 1.33 bits per heavy atom. The van der Waals surface area contributed by atoms with Crippen LogP contribution in [0.2, 0.25) is 0 Å². The van der Waals surface area contributed by atoms with Crippen LogP contribution >= 0.6 is 0 Å². The van der Waals surface area contributed by atoms with E-state index in [-0.39, 0.29) is 18.8 Å². The van der Waals surface area contributed by atoms with Crippen LogP contribution in [0.1, 0.15) is 31.4 Å². The van der Waals surface area contributed by atoms with Crippen molar-refractivity contribution in [3.05, 3.63) is 42.9 Å². The molecule has 4 rings (SSSR count). The van der Waals surface area contributed by atoms with Crippen LogP contribution in [0, 0.1) is 5.92 Å². The monoisotopic (exact) mass is 371 g/mol. The summed E-state index contributed by atoms with van der Waals surface area (Å²) in [5, 5.41) is 15.9. The highest BCUT2D eigenvalue weighted by atomic mass is 19.3. The molecule has 0 amide bonds. The minimum atomic E-state index is -2.49. The Bertz CT molecular complexity index is 962. The third-order valence-electron chi connectivity index (χ3n) is 5.33. The fraction of sp³-hybridized carbons (Fsp3) is 0.400. The quantitative estimate of drug-likeness (QED) is 0.701. The number of H-pyrrole nitrogens is 1. The number of nitrogens with one attached hydrogen (secondary N) is 2. The summed E-state index contributed by atoms with van der Waals surface area (Å²) < 4.78 is 28.4. The van der Waals surface area contributed by atoms with Gasteiger partial charge in [0.15, 0.2) is 0 Å². The number of benzene rings is 1. The standard InChI is InChI=1S/C20H23F2N5/c1-13(23-10-14-5-7-20(21,22)8-6-14)19-17-9-15(3-4-18(17)25-26-19)16-11-24-27(2)12-16/h3-4,9,11-12,14,23H,1,5-8,10H2,2H3,(H,25,26). The number of nitrogens with zero attached hydrogens (tertiary/aromatic N) is 3. The lowest BCUT2D eigenvalue weighted by molar-refractivity contribution is -0.0451. The second-order valence-electron chi connectivity index (χ2n) is 7.39. The average molecular weight is 371 g/mol. The predicted octanol–water partition coefficient (Wildman–Crippen LogP) is 4.35. The molecule has 27 heavy (non-hydrogen) atoms. The Hall–Kier alpha value is -2.70. The Morgan fingerprint density at radius 2 is 2.11 bits per heavy atom. The zero-order chi connectivity index (χ0) is 19.0. The number of rotatable bonds is 5. The third kappa shape index (κ3) is 3.72. The van der Waals surface area contributed by atoms with Crippen molar-refractivity contribution in [2.24, 2.45) is 13.0 Å². The Labute approximate surface area is 156 Å². The van der Waals surface area contributed by atoms with E-state index in [1.807, 2.05) is 31.6 Å². The van der Waals surface area contributed by atoms with Gasteiger partial charge in [-0.15, -0.1) is 0 Å². The molecule has 1 saturated carbocycles. The van der Waals surface area contributed by atoms with E-state index in [0.717, 1.165) is 27.7 Å². The molecule has 0 unspecified atom stereocenters. The largest absolute Gasteiger partial charge is 0.383 e. The number of aromatic nitrogens is 4. The van der Waals surface area contributed by atoms with Crippen LogP contribution in [-0.4, -0.2) is 32.4 Å². The molecule has 3 aromatic rings. The van der Waals surface area contributed by atoms with Crippen LogP contribution in [0.3, 0.4) is 0 Å². The molecular formula is C20H23F2N5. The van der Waals surface area contributed by atoms with Crippen molar-refractivity contribution in [3.8, 4) is 11.1 Å². The molecule has 2 heterocycles. The zero-order valence-electron chi connectivity index (χ0n) is 15.3. The molecule has 142 valence electrons. The first-order valence-electron chi connectivity index (χ1n) is 9.19. The number of aromatic amines is 1. The lowest BCUT2D eigenvalue weighted by Gasteiger charge is -2.28. The molecule has 5 nitrogen and oxygen atoms in total. The van der Waals surface area contributed by atoms with Gasteiger partial charge in [-0.1, -0.05) is 12.6 Å². The van der Waals surface area contributed by atoms with Gasteiger partial charge in [0.05, 0.1) is 17.4 Å². The van der Waals surface area contributed by atoms with Crippen LogP contribution in [0.25, 0.3) is 27.7 Å². The molecule has 0 atom stereocenters. The Balaban J connectivity index is 1.48. The Morgan fingerprint density at radius 3 is 2.81 bits per heavy atom. The van der Waals surface area contributed by atoms with E-state index < -0.39 is 5.92 Å². The predicted molar refractivity (Wildman–Crippen MR) is 102 cm³/mol. The molecule has 1 aliphatic carbocycles. The molecule has 7 heteroatoms. The molecule has 2 aromatic heterocycles. The number of halogens is 2. The van der Waals surface area contributed by atoms with E-state index >= 15 is 0 Å². The number of fused-ring (bicyclic) bond motifs is 1. The fourth-order valence-electron chi connectivity index (χ4n) is 3.65. The van der Waals surface area contributed by atoms with Crippen molar-refractivity contribution >= 4 is 16.6 Å². The van der Waals surface area contributed by atoms with E-state index in [4.69, 9.17) is 0 Å². The fourth-order valence-corrected chi connectivity index (χ4v) is 3.65. The molecule has 0 saturated heterocycles. The maximum atomic E-state index is 13.3. The smallest absolute Gasteiger partial charge is 0.248 e. The summed E-state index contributed by atoms with van der Waals surface area (Å²) in [5.74, 6) is -2.24. The van der Waals surface area contributed by atoms with E-state index in [1.165, 1.54) is 0 Å². The summed E-state index contributed by atoms with van der Waals surface area (Å²) in [6.45, 7) is 4.75. The minimum absolute atomic E-state index is 0.0222. The lowest BCUT2D eigenvalue weighted by atomic mass is 9.87. The molecule has 0 aliphatic heterocycles. The van der Waals surface area contributed by atoms with Crippen molar-refractivity contribution < 1.29 is 8.78 Å². The number of aryl methyl sites for hydroxylation is 1. The molecule has 1 aromatic carbocycles. The summed E-state index contributed by atoms with van der Waals surface area (Å²) in [4.78, 5) is 0. The van der Waals surface area contributed by atoms with E-state index in [0.29, 0.717) is 25.1 Å². The first-order chi connectivity index (χ1) is 12.9. The van der Waals surface area contributed by atoms with Crippen molar-refractivity contribution in [2.75, 3.05) is 6.54 Å². The number of alkyl halides is 2. The maximum absolute atomic E-state index is 13.3.